The number of rotatable bonds is 6. The number of primary amides is 1. The Hall–Kier alpha value is -1.60. The number of nitrogen functional groups attached to an aromatic ring is 1. The van der Waals surface area contributed by atoms with Crippen molar-refractivity contribution in [3.05, 3.63) is 23.8 Å². The average Bonchev–Trinajstić information content (AvgIpc) is 2.36. The van der Waals surface area contributed by atoms with Crippen molar-refractivity contribution in [2.45, 2.75) is 38.1 Å². The third kappa shape index (κ3) is 3.71. The molecule has 1 rings (SSSR count). The molecule has 0 saturated heterocycles. The molecule has 0 fully saturated rings. The van der Waals surface area contributed by atoms with E-state index in [1.807, 2.05) is 13.8 Å². The van der Waals surface area contributed by atoms with Gasteiger partial charge in [0.2, 0.25) is 15.9 Å². The summed E-state index contributed by atoms with van der Waals surface area (Å²) in [7, 11) is -3.71. The van der Waals surface area contributed by atoms with Crippen molar-refractivity contribution in [1.82, 2.24) is 4.72 Å². The molecule has 1 aromatic carbocycles. The smallest absolute Gasteiger partial charge is 0.248 e. The first kappa shape index (κ1) is 16.5. The number of nitrogens with one attached hydrogen (secondary N) is 1. The highest BCUT2D eigenvalue weighted by atomic mass is 32.2. The minimum absolute atomic E-state index is 0.00477. The van der Waals surface area contributed by atoms with Gasteiger partial charge in [0.15, 0.2) is 0 Å². The van der Waals surface area contributed by atoms with E-state index in [9.17, 15) is 13.2 Å². The van der Waals surface area contributed by atoms with Crippen molar-refractivity contribution in [1.29, 1.82) is 0 Å². The fourth-order valence-electron chi connectivity index (χ4n) is 1.72. The first-order chi connectivity index (χ1) is 9.19. The lowest BCUT2D eigenvalue weighted by Gasteiger charge is -2.20. The summed E-state index contributed by atoms with van der Waals surface area (Å²) in [6.07, 6.45) is 0.861. The van der Waals surface area contributed by atoms with Crippen LogP contribution >= 0.6 is 0 Å². The lowest BCUT2D eigenvalue weighted by atomic mass is 10.0. The zero-order valence-electron chi connectivity index (χ0n) is 11.9. The lowest BCUT2D eigenvalue weighted by Crippen LogP contribution is -2.37. The van der Waals surface area contributed by atoms with E-state index in [4.69, 9.17) is 11.5 Å². The molecule has 2 unspecified atom stereocenters. The van der Waals surface area contributed by atoms with Crippen LogP contribution in [0.5, 0.6) is 0 Å². The highest BCUT2D eigenvalue weighted by Crippen LogP contribution is 2.21. The summed E-state index contributed by atoms with van der Waals surface area (Å²) in [4.78, 5) is 11.0. The molecule has 112 valence electrons. The summed E-state index contributed by atoms with van der Waals surface area (Å²) in [5, 5.41) is 0. The van der Waals surface area contributed by atoms with Crippen LogP contribution in [0.3, 0.4) is 0 Å². The second kappa shape index (κ2) is 6.23. The van der Waals surface area contributed by atoms with E-state index < -0.39 is 15.9 Å². The first-order valence-electron chi connectivity index (χ1n) is 6.40. The zero-order valence-corrected chi connectivity index (χ0v) is 12.7. The maximum atomic E-state index is 12.3. The van der Waals surface area contributed by atoms with Crippen molar-refractivity contribution in [3.63, 3.8) is 0 Å². The number of benzene rings is 1. The van der Waals surface area contributed by atoms with Crippen LogP contribution in [-0.2, 0) is 10.0 Å². The predicted molar refractivity (Wildman–Crippen MR) is 78.6 cm³/mol. The summed E-state index contributed by atoms with van der Waals surface area (Å²) in [5.41, 5.74) is 11.0. The number of carbonyl (C=O) groups excluding carboxylic acids is 1. The number of amides is 1. The SMILES string of the molecule is CCC(C)C(C)NS(=O)(=O)c1ccc(C(N)=O)cc1N. The third-order valence-electron chi connectivity index (χ3n) is 3.42. The van der Waals surface area contributed by atoms with Crippen molar-refractivity contribution in [3.8, 4) is 0 Å². The minimum Gasteiger partial charge on any atom is -0.398 e. The number of hydrogen-bond donors (Lipinski definition) is 3. The summed E-state index contributed by atoms with van der Waals surface area (Å²) >= 11 is 0. The number of hydrogen-bond acceptors (Lipinski definition) is 4. The van der Waals surface area contributed by atoms with Crippen LogP contribution in [0.4, 0.5) is 5.69 Å². The van der Waals surface area contributed by atoms with Crippen LogP contribution in [0.1, 0.15) is 37.6 Å². The second-order valence-corrected chi connectivity index (χ2v) is 6.59. The van der Waals surface area contributed by atoms with Crippen LogP contribution in [0.25, 0.3) is 0 Å². The van der Waals surface area contributed by atoms with E-state index in [-0.39, 0.29) is 28.1 Å². The average molecular weight is 299 g/mol. The highest BCUT2D eigenvalue weighted by Gasteiger charge is 2.22. The summed E-state index contributed by atoms with van der Waals surface area (Å²) in [5.74, 6) is -0.447. The molecule has 7 heteroatoms. The van der Waals surface area contributed by atoms with Gasteiger partial charge in [-0.3, -0.25) is 4.79 Å². The zero-order chi connectivity index (χ0) is 15.5. The van der Waals surface area contributed by atoms with Crippen molar-refractivity contribution in [2.75, 3.05) is 5.73 Å². The van der Waals surface area contributed by atoms with Crippen molar-refractivity contribution in [2.24, 2.45) is 11.7 Å². The molecule has 5 N–H and O–H groups in total. The van der Waals surface area contributed by atoms with Gasteiger partial charge in [0.05, 0.1) is 5.69 Å². The number of carbonyl (C=O) groups is 1. The van der Waals surface area contributed by atoms with Crippen LogP contribution in [0.15, 0.2) is 23.1 Å². The molecule has 1 aromatic rings. The molecule has 0 bridgehead atoms. The minimum atomic E-state index is -3.71. The van der Waals surface area contributed by atoms with Gasteiger partial charge in [0.1, 0.15) is 4.90 Å². The largest absolute Gasteiger partial charge is 0.398 e. The molecule has 0 saturated carbocycles. The molecular formula is C13H21N3O3S. The van der Waals surface area contributed by atoms with Gasteiger partial charge in [-0.05, 0) is 31.0 Å². The monoisotopic (exact) mass is 299 g/mol. The van der Waals surface area contributed by atoms with Gasteiger partial charge in [0, 0.05) is 11.6 Å². The van der Waals surface area contributed by atoms with Crippen molar-refractivity contribution >= 4 is 21.6 Å². The molecule has 20 heavy (non-hydrogen) atoms. The molecule has 0 aliphatic carbocycles. The predicted octanol–water partition coefficient (Wildman–Crippen LogP) is 1.08. The number of nitrogens with two attached hydrogens (primary N) is 2. The fraction of sp³-hybridized carbons (Fsp3) is 0.462. The Bertz CT molecular complexity index is 599. The fourth-order valence-corrected chi connectivity index (χ4v) is 3.19. The Labute approximate surface area is 119 Å². The van der Waals surface area contributed by atoms with Gasteiger partial charge >= 0.3 is 0 Å². The van der Waals surface area contributed by atoms with Gasteiger partial charge < -0.3 is 11.5 Å². The van der Waals surface area contributed by atoms with E-state index in [2.05, 4.69) is 4.72 Å². The van der Waals surface area contributed by atoms with E-state index >= 15 is 0 Å². The van der Waals surface area contributed by atoms with Gasteiger partial charge in [0.25, 0.3) is 0 Å². The van der Waals surface area contributed by atoms with E-state index in [1.54, 1.807) is 6.92 Å². The third-order valence-corrected chi connectivity index (χ3v) is 5.06. The second-order valence-electron chi connectivity index (χ2n) is 4.91. The Morgan fingerprint density at radius 2 is 1.95 bits per heavy atom. The highest BCUT2D eigenvalue weighted by molar-refractivity contribution is 7.89. The Morgan fingerprint density at radius 3 is 2.40 bits per heavy atom. The molecule has 0 aliphatic heterocycles. The molecule has 6 nitrogen and oxygen atoms in total. The molecular weight excluding hydrogens is 278 g/mol. The van der Waals surface area contributed by atoms with Crippen molar-refractivity contribution < 1.29 is 13.2 Å². The van der Waals surface area contributed by atoms with E-state index in [1.165, 1.54) is 18.2 Å². The number of sulfonamides is 1. The molecule has 0 aliphatic rings. The van der Waals surface area contributed by atoms with Crippen LogP contribution in [0, 0.1) is 5.92 Å². The molecule has 1 amide bonds. The van der Waals surface area contributed by atoms with Crippen LogP contribution in [-0.4, -0.2) is 20.4 Å². The Kier molecular flexibility index (Phi) is 5.13. The Morgan fingerprint density at radius 1 is 1.35 bits per heavy atom. The Balaban J connectivity index is 3.07. The molecule has 2 atom stereocenters. The normalized spacial score (nSPS) is 14.8. The summed E-state index contributed by atoms with van der Waals surface area (Å²) < 4.78 is 27.1. The molecule has 0 radical (unpaired) electrons. The van der Waals surface area contributed by atoms with Crippen LogP contribution in [0.2, 0.25) is 0 Å². The van der Waals surface area contributed by atoms with Gasteiger partial charge in [-0.2, -0.15) is 0 Å². The van der Waals surface area contributed by atoms with Gasteiger partial charge in [-0.25, -0.2) is 13.1 Å². The van der Waals surface area contributed by atoms with Gasteiger partial charge in [-0.15, -0.1) is 0 Å². The van der Waals surface area contributed by atoms with Crippen LogP contribution < -0.4 is 16.2 Å². The topological polar surface area (TPSA) is 115 Å². The standard InChI is InChI=1S/C13H21N3O3S/c1-4-8(2)9(3)16-20(18,19)12-6-5-10(13(15)17)7-11(12)14/h5-9,16H,4,14H2,1-3H3,(H2,15,17). The maximum absolute atomic E-state index is 12.3. The molecule has 0 aromatic heterocycles. The lowest BCUT2D eigenvalue weighted by molar-refractivity contribution is 0.1000. The summed E-state index contributed by atoms with van der Waals surface area (Å²) in [6.45, 7) is 5.76. The number of anilines is 1. The first-order valence-corrected chi connectivity index (χ1v) is 7.89. The molecule has 0 heterocycles. The maximum Gasteiger partial charge on any atom is 0.248 e. The molecule has 0 spiro atoms. The van der Waals surface area contributed by atoms with Gasteiger partial charge in [-0.1, -0.05) is 20.3 Å². The summed E-state index contributed by atoms with van der Waals surface area (Å²) in [6, 6.07) is 3.70. The quantitative estimate of drug-likeness (QED) is 0.682. The van der Waals surface area contributed by atoms with E-state index in [0.29, 0.717) is 0 Å². The van der Waals surface area contributed by atoms with E-state index in [0.717, 1.165) is 6.42 Å².